The van der Waals surface area contributed by atoms with E-state index >= 15 is 0 Å². The number of hydrogen-bond donors (Lipinski definition) is 1. The summed E-state index contributed by atoms with van der Waals surface area (Å²) in [6.45, 7) is 0. The Morgan fingerprint density at radius 2 is 1.26 bits per heavy atom. The average molecular weight is 279 g/mol. The van der Waals surface area contributed by atoms with E-state index in [1.807, 2.05) is 6.07 Å². The number of benzene rings is 2. The second-order valence-corrected chi connectivity index (χ2v) is 3.56. The first-order valence-electron chi connectivity index (χ1n) is 5.31. The smallest absolute Gasteiger partial charge is 0.356 e. The summed E-state index contributed by atoms with van der Waals surface area (Å²) in [6, 6.07) is 16.8. The van der Waals surface area contributed by atoms with Gasteiger partial charge in [-0.3, -0.25) is 0 Å². The van der Waals surface area contributed by atoms with Gasteiger partial charge in [-0.25, -0.2) is 9.59 Å². The standard InChI is InChI=1S/C7H5ClO2.C7H6O2/c8-10-7(9)6-4-2-1-3-5-6;8-7(9)6-4-2-1-3-5-6/h1-5H;1-5H,(H,8,9). The summed E-state index contributed by atoms with van der Waals surface area (Å²) in [7, 11) is 0. The van der Waals surface area contributed by atoms with Crippen molar-refractivity contribution in [3.63, 3.8) is 0 Å². The molecule has 0 aliphatic rings. The van der Waals surface area contributed by atoms with Gasteiger partial charge < -0.3 is 9.40 Å². The summed E-state index contributed by atoms with van der Waals surface area (Å²) in [5, 5.41) is 8.38. The van der Waals surface area contributed by atoms with Crippen LogP contribution in [-0.2, 0) is 4.29 Å². The fourth-order valence-corrected chi connectivity index (χ4v) is 1.29. The van der Waals surface area contributed by atoms with Crippen LogP contribution in [0, 0.1) is 0 Å². The van der Waals surface area contributed by atoms with Crippen molar-refractivity contribution in [3.05, 3.63) is 71.8 Å². The van der Waals surface area contributed by atoms with Gasteiger partial charge in [0.25, 0.3) is 0 Å². The third-order valence-corrected chi connectivity index (χ3v) is 2.24. The molecule has 0 aliphatic carbocycles. The molecule has 0 spiro atoms. The molecule has 5 heteroatoms. The molecule has 1 N–H and O–H groups in total. The van der Waals surface area contributed by atoms with E-state index in [1.165, 1.54) is 0 Å². The average Bonchev–Trinajstić information content (AvgIpc) is 2.49. The van der Waals surface area contributed by atoms with Crippen LogP contribution in [0.1, 0.15) is 20.7 Å². The molecule has 0 aliphatic heterocycles. The first kappa shape index (κ1) is 14.7. The van der Waals surface area contributed by atoms with Crippen molar-refractivity contribution in [3.8, 4) is 0 Å². The molecule has 0 saturated carbocycles. The third-order valence-electron chi connectivity index (χ3n) is 2.10. The number of aromatic carboxylic acids is 1. The van der Waals surface area contributed by atoms with E-state index in [0.717, 1.165) is 0 Å². The van der Waals surface area contributed by atoms with E-state index in [9.17, 15) is 9.59 Å². The van der Waals surface area contributed by atoms with Crippen molar-refractivity contribution >= 4 is 23.8 Å². The minimum Gasteiger partial charge on any atom is -0.478 e. The van der Waals surface area contributed by atoms with Gasteiger partial charge in [0.2, 0.25) is 0 Å². The molecular formula is C14H11ClO4. The lowest BCUT2D eigenvalue weighted by atomic mass is 10.2. The molecule has 2 aromatic rings. The molecule has 0 aromatic heterocycles. The third kappa shape index (κ3) is 5.23. The normalized spacial score (nSPS) is 8.89. The summed E-state index contributed by atoms with van der Waals surface area (Å²) in [5.74, 6) is -1.40. The van der Waals surface area contributed by atoms with E-state index in [-0.39, 0.29) is 0 Å². The molecule has 2 rings (SSSR count). The molecule has 19 heavy (non-hydrogen) atoms. The van der Waals surface area contributed by atoms with E-state index in [0.29, 0.717) is 11.1 Å². The molecular weight excluding hydrogens is 268 g/mol. The number of carbonyl (C=O) groups excluding carboxylic acids is 1. The van der Waals surface area contributed by atoms with Crippen LogP contribution in [0.15, 0.2) is 60.7 Å². The van der Waals surface area contributed by atoms with Crippen molar-refractivity contribution in [2.24, 2.45) is 0 Å². The molecule has 0 heterocycles. The number of carbonyl (C=O) groups is 2. The largest absolute Gasteiger partial charge is 0.478 e. The highest BCUT2D eigenvalue weighted by Gasteiger charge is 2.02. The summed E-state index contributed by atoms with van der Waals surface area (Å²) in [5.41, 5.74) is 0.787. The molecule has 0 amide bonds. The van der Waals surface area contributed by atoms with Crippen molar-refractivity contribution < 1.29 is 19.0 Å². The highest BCUT2D eigenvalue weighted by molar-refractivity contribution is 6.15. The van der Waals surface area contributed by atoms with Crippen molar-refractivity contribution in [1.82, 2.24) is 0 Å². The summed E-state index contributed by atoms with van der Waals surface area (Å²) in [6.07, 6.45) is 0. The van der Waals surface area contributed by atoms with E-state index in [1.54, 1.807) is 54.6 Å². The maximum atomic E-state index is 10.7. The van der Waals surface area contributed by atoms with E-state index in [2.05, 4.69) is 4.29 Å². The highest BCUT2D eigenvalue weighted by atomic mass is 35.5. The highest BCUT2D eigenvalue weighted by Crippen LogP contribution is 2.01. The predicted octanol–water partition coefficient (Wildman–Crippen LogP) is 3.38. The summed E-state index contributed by atoms with van der Waals surface area (Å²) in [4.78, 5) is 20.9. The second kappa shape index (κ2) is 7.89. The van der Waals surface area contributed by atoms with Gasteiger partial charge in [0, 0.05) is 0 Å². The van der Waals surface area contributed by atoms with Gasteiger partial charge in [0.1, 0.15) is 11.9 Å². The van der Waals surface area contributed by atoms with Gasteiger partial charge in [-0.2, -0.15) is 0 Å². The molecule has 2 aromatic carbocycles. The fraction of sp³-hybridized carbons (Fsp3) is 0. The van der Waals surface area contributed by atoms with Crippen LogP contribution in [-0.4, -0.2) is 17.0 Å². The Hall–Kier alpha value is -2.33. The Bertz CT molecular complexity index is 526. The minimum atomic E-state index is -0.879. The van der Waals surface area contributed by atoms with Gasteiger partial charge in [0.15, 0.2) is 0 Å². The van der Waals surface area contributed by atoms with Crippen LogP contribution < -0.4 is 0 Å². The number of carboxylic acids is 1. The molecule has 0 bridgehead atoms. The zero-order chi connectivity index (χ0) is 14.1. The Kier molecular flexibility index (Phi) is 6.12. The van der Waals surface area contributed by atoms with Gasteiger partial charge >= 0.3 is 11.9 Å². The topological polar surface area (TPSA) is 63.6 Å². The zero-order valence-corrected chi connectivity index (χ0v) is 10.6. The lowest BCUT2D eigenvalue weighted by molar-refractivity contribution is 0.0695. The van der Waals surface area contributed by atoms with Crippen molar-refractivity contribution in [1.29, 1.82) is 0 Å². The maximum absolute atomic E-state index is 10.7. The van der Waals surface area contributed by atoms with Crippen LogP contribution in [0.3, 0.4) is 0 Å². The van der Waals surface area contributed by atoms with Gasteiger partial charge in [-0.15, -0.1) is 0 Å². The monoisotopic (exact) mass is 278 g/mol. The lowest BCUT2D eigenvalue weighted by Crippen LogP contribution is -1.96. The molecule has 0 atom stereocenters. The SMILES string of the molecule is O=C(O)c1ccccc1.O=C(OCl)c1ccccc1. The Morgan fingerprint density at radius 3 is 1.58 bits per heavy atom. The number of rotatable bonds is 2. The van der Waals surface area contributed by atoms with Crippen LogP contribution in [0.4, 0.5) is 0 Å². The minimum absolute atomic E-state index is 0.331. The van der Waals surface area contributed by atoms with Gasteiger partial charge in [-0.05, 0) is 24.3 Å². The Balaban J connectivity index is 0.000000191. The van der Waals surface area contributed by atoms with Crippen LogP contribution in [0.25, 0.3) is 0 Å². The first-order valence-corrected chi connectivity index (χ1v) is 5.62. The zero-order valence-electron chi connectivity index (χ0n) is 9.82. The van der Waals surface area contributed by atoms with Gasteiger partial charge in [-0.1, -0.05) is 36.4 Å². The Labute approximate surface area is 115 Å². The number of carboxylic acid groups (broad SMARTS) is 1. The van der Waals surface area contributed by atoms with E-state index in [4.69, 9.17) is 17.0 Å². The number of halogens is 1. The molecule has 0 unspecified atom stereocenters. The molecule has 4 nitrogen and oxygen atoms in total. The quantitative estimate of drug-likeness (QED) is 0.914. The molecule has 0 radical (unpaired) electrons. The molecule has 98 valence electrons. The number of hydrogen-bond acceptors (Lipinski definition) is 3. The van der Waals surface area contributed by atoms with Gasteiger partial charge in [0.05, 0.1) is 11.1 Å². The van der Waals surface area contributed by atoms with Crippen molar-refractivity contribution in [2.45, 2.75) is 0 Å². The first-order chi connectivity index (χ1) is 9.15. The maximum Gasteiger partial charge on any atom is 0.356 e. The van der Waals surface area contributed by atoms with Crippen LogP contribution in [0.2, 0.25) is 0 Å². The molecule has 0 fully saturated rings. The van der Waals surface area contributed by atoms with Crippen LogP contribution >= 0.6 is 11.9 Å². The lowest BCUT2D eigenvalue weighted by Gasteiger charge is -1.92. The summed E-state index contributed by atoms with van der Waals surface area (Å²) >= 11 is 4.84. The summed E-state index contributed by atoms with van der Waals surface area (Å²) < 4.78 is 3.97. The predicted molar refractivity (Wildman–Crippen MR) is 71.1 cm³/mol. The van der Waals surface area contributed by atoms with Crippen molar-refractivity contribution in [2.75, 3.05) is 0 Å². The Morgan fingerprint density at radius 1 is 0.842 bits per heavy atom. The molecule has 0 saturated heterocycles. The second-order valence-electron chi connectivity index (χ2n) is 3.40. The van der Waals surface area contributed by atoms with Crippen LogP contribution in [0.5, 0.6) is 0 Å². The van der Waals surface area contributed by atoms with E-state index < -0.39 is 11.9 Å². The fourth-order valence-electron chi connectivity index (χ4n) is 1.20.